The topological polar surface area (TPSA) is 95.1 Å². The molecule has 2 aromatic carbocycles. The van der Waals surface area contributed by atoms with Crippen LogP contribution >= 0.6 is 0 Å². The van der Waals surface area contributed by atoms with Crippen molar-refractivity contribution in [2.24, 2.45) is 0 Å². The van der Waals surface area contributed by atoms with Crippen LogP contribution in [-0.2, 0) is 4.79 Å². The van der Waals surface area contributed by atoms with Gasteiger partial charge in [0.25, 0.3) is 0 Å². The van der Waals surface area contributed by atoms with Gasteiger partial charge in [0.15, 0.2) is 0 Å². The van der Waals surface area contributed by atoms with E-state index in [2.05, 4.69) is 42.4 Å². The maximum absolute atomic E-state index is 15.0. The number of nitrogens with zero attached hydrogens (tertiary/aromatic N) is 4. The van der Waals surface area contributed by atoms with Gasteiger partial charge in [-0.15, -0.1) is 0 Å². The van der Waals surface area contributed by atoms with E-state index < -0.39 is 5.82 Å². The molecule has 3 N–H and O–H groups in total. The van der Waals surface area contributed by atoms with Gasteiger partial charge < -0.3 is 20.9 Å². The van der Waals surface area contributed by atoms with Gasteiger partial charge in [0, 0.05) is 49.0 Å². The lowest BCUT2D eigenvalue weighted by Gasteiger charge is -2.28. The van der Waals surface area contributed by atoms with Crippen molar-refractivity contribution in [3.63, 3.8) is 0 Å². The molecule has 9 heteroatoms. The Kier molecular flexibility index (Phi) is 6.32. The monoisotopic (exact) mass is 469 g/mol. The summed E-state index contributed by atoms with van der Waals surface area (Å²) in [4.78, 5) is 27.5. The Labute approximate surface area is 201 Å². The first kappa shape index (κ1) is 22.4. The van der Waals surface area contributed by atoms with Crippen molar-refractivity contribution in [2.75, 3.05) is 41.7 Å². The standard InChI is InChI=1S/C26H24FN7O/c1-2-23(35)31-19-5-3-4-17(14-19)24-21(27)8-6-18-15-30-26(33-25(18)24)32-20-7-9-22(29-16-20)34-12-10-28-11-13-34/h2-9,14-16,28H,1,10-13H2,(H,31,35)(H,30,32,33). The first-order valence-electron chi connectivity index (χ1n) is 11.3. The first-order chi connectivity index (χ1) is 17.1. The smallest absolute Gasteiger partial charge is 0.247 e. The van der Waals surface area contributed by atoms with Crippen LogP contribution in [0, 0.1) is 5.82 Å². The molecule has 4 aromatic rings. The van der Waals surface area contributed by atoms with E-state index in [1.807, 2.05) is 12.1 Å². The largest absolute Gasteiger partial charge is 0.354 e. The minimum absolute atomic E-state index is 0.329. The molecule has 1 fully saturated rings. The van der Waals surface area contributed by atoms with Gasteiger partial charge in [-0.25, -0.2) is 19.3 Å². The van der Waals surface area contributed by atoms with Gasteiger partial charge in [0.05, 0.1) is 17.4 Å². The summed E-state index contributed by atoms with van der Waals surface area (Å²) >= 11 is 0. The average molecular weight is 470 g/mol. The number of carbonyl (C=O) groups excluding carboxylic acids is 1. The predicted molar refractivity (Wildman–Crippen MR) is 136 cm³/mol. The summed E-state index contributed by atoms with van der Waals surface area (Å²) in [6.45, 7) is 7.17. The lowest BCUT2D eigenvalue weighted by atomic mass is 10.0. The van der Waals surface area contributed by atoms with E-state index in [1.54, 1.807) is 42.7 Å². The molecule has 1 amide bonds. The van der Waals surface area contributed by atoms with Gasteiger partial charge in [-0.1, -0.05) is 18.7 Å². The van der Waals surface area contributed by atoms with Crippen LogP contribution in [0.2, 0.25) is 0 Å². The Morgan fingerprint density at radius 1 is 1.06 bits per heavy atom. The minimum Gasteiger partial charge on any atom is -0.354 e. The van der Waals surface area contributed by atoms with Crippen LogP contribution in [0.5, 0.6) is 0 Å². The number of nitrogens with one attached hydrogen (secondary N) is 3. The van der Waals surface area contributed by atoms with E-state index in [9.17, 15) is 4.79 Å². The second kappa shape index (κ2) is 9.86. The first-order valence-corrected chi connectivity index (χ1v) is 11.3. The highest BCUT2D eigenvalue weighted by molar-refractivity contribution is 6.00. The summed E-state index contributed by atoms with van der Waals surface area (Å²) in [7, 11) is 0. The van der Waals surface area contributed by atoms with Gasteiger partial charge >= 0.3 is 0 Å². The molecule has 1 aliphatic heterocycles. The van der Waals surface area contributed by atoms with Crippen molar-refractivity contribution in [1.29, 1.82) is 0 Å². The number of hydrogen-bond acceptors (Lipinski definition) is 7. The number of amides is 1. The van der Waals surface area contributed by atoms with E-state index in [0.29, 0.717) is 33.7 Å². The maximum atomic E-state index is 15.0. The van der Waals surface area contributed by atoms with Gasteiger partial charge in [0.2, 0.25) is 11.9 Å². The maximum Gasteiger partial charge on any atom is 0.247 e. The number of hydrogen-bond donors (Lipinski definition) is 3. The highest BCUT2D eigenvalue weighted by Gasteiger charge is 2.15. The number of piperazine rings is 1. The Morgan fingerprint density at radius 3 is 2.69 bits per heavy atom. The molecule has 0 spiro atoms. The highest BCUT2D eigenvalue weighted by atomic mass is 19.1. The molecule has 3 heterocycles. The predicted octanol–water partition coefficient (Wildman–Crippen LogP) is 4.11. The zero-order valence-corrected chi connectivity index (χ0v) is 19.0. The number of pyridine rings is 1. The van der Waals surface area contributed by atoms with E-state index in [4.69, 9.17) is 0 Å². The third-order valence-corrected chi connectivity index (χ3v) is 5.75. The summed E-state index contributed by atoms with van der Waals surface area (Å²) in [5.41, 5.74) is 2.64. The number of carbonyl (C=O) groups is 1. The zero-order valence-electron chi connectivity index (χ0n) is 19.0. The summed E-state index contributed by atoms with van der Waals surface area (Å²) < 4.78 is 15.0. The van der Waals surface area contributed by atoms with Crippen LogP contribution in [0.25, 0.3) is 22.0 Å². The quantitative estimate of drug-likeness (QED) is 0.366. The Hall–Kier alpha value is -4.37. The van der Waals surface area contributed by atoms with Gasteiger partial charge in [-0.3, -0.25) is 4.79 Å². The van der Waals surface area contributed by atoms with E-state index in [1.165, 1.54) is 12.1 Å². The highest BCUT2D eigenvalue weighted by Crippen LogP contribution is 2.32. The number of fused-ring (bicyclic) bond motifs is 1. The molecule has 0 unspecified atom stereocenters. The van der Waals surface area contributed by atoms with Crippen molar-refractivity contribution in [1.82, 2.24) is 20.3 Å². The van der Waals surface area contributed by atoms with Crippen molar-refractivity contribution in [3.8, 4) is 11.1 Å². The minimum atomic E-state index is -0.420. The number of anilines is 4. The lowest BCUT2D eigenvalue weighted by molar-refractivity contribution is -0.111. The second-order valence-electron chi connectivity index (χ2n) is 8.10. The zero-order chi connectivity index (χ0) is 24.2. The molecule has 0 aliphatic carbocycles. The molecule has 5 rings (SSSR count). The summed E-state index contributed by atoms with van der Waals surface area (Å²) in [5.74, 6) is 0.490. The molecule has 176 valence electrons. The van der Waals surface area contributed by atoms with Crippen molar-refractivity contribution < 1.29 is 9.18 Å². The number of benzene rings is 2. The Bertz CT molecular complexity index is 1380. The second-order valence-corrected chi connectivity index (χ2v) is 8.10. The molecule has 1 aliphatic rings. The normalized spacial score (nSPS) is 13.5. The van der Waals surface area contributed by atoms with Crippen molar-refractivity contribution in [3.05, 3.63) is 79.4 Å². The molecular weight excluding hydrogens is 445 g/mol. The van der Waals surface area contributed by atoms with Gasteiger partial charge in [-0.2, -0.15) is 0 Å². The fourth-order valence-corrected chi connectivity index (χ4v) is 4.02. The molecule has 2 aromatic heterocycles. The number of rotatable bonds is 6. The van der Waals surface area contributed by atoms with Gasteiger partial charge in [-0.05, 0) is 48.0 Å². The molecule has 1 saturated heterocycles. The van der Waals surface area contributed by atoms with Gasteiger partial charge in [0.1, 0.15) is 11.6 Å². The van der Waals surface area contributed by atoms with Crippen LogP contribution in [0.3, 0.4) is 0 Å². The lowest BCUT2D eigenvalue weighted by Crippen LogP contribution is -2.43. The molecule has 0 radical (unpaired) electrons. The van der Waals surface area contributed by atoms with Crippen LogP contribution in [0.1, 0.15) is 0 Å². The number of halogens is 1. The molecule has 35 heavy (non-hydrogen) atoms. The van der Waals surface area contributed by atoms with Crippen LogP contribution in [0.4, 0.5) is 27.5 Å². The van der Waals surface area contributed by atoms with E-state index in [0.717, 1.165) is 37.7 Å². The van der Waals surface area contributed by atoms with Crippen molar-refractivity contribution >= 4 is 40.0 Å². The average Bonchev–Trinajstić information content (AvgIpc) is 2.89. The fourth-order valence-electron chi connectivity index (χ4n) is 4.02. The molecule has 0 bridgehead atoms. The van der Waals surface area contributed by atoms with E-state index in [-0.39, 0.29) is 5.91 Å². The summed E-state index contributed by atoms with van der Waals surface area (Å²) in [5, 5.41) is 9.89. The van der Waals surface area contributed by atoms with Crippen molar-refractivity contribution in [2.45, 2.75) is 0 Å². The van der Waals surface area contributed by atoms with E-state index >= 15 is 4.39 Å². The molecular formula is C26H24FN7O. The fraction of sp³-hybridized carbons (Fsp3) is 0.154. The molecule has 8 nitrogen and oxygen atoms in total. The van der Waals surface area contributed by atoms with Crippen LogP contribution in [-0.4, -0.2) is 47.0 Å². The van der Waals surface area contributed by atoms with Crippen LogP contribution < -0.4 is 20.9 Å². The summed E-state index contributed by atoms with van der Waals surface area (Å²) in [6.07, 6.45) is 4.57. The Morgan fingerprint density at radius 2 is 1.91 bits per heavy atom. The van der Waals surface area contributed by atoms with Crippen LogP contribution in [0.15, 0.2) is 73.6 Å². The molecule has 0 atom stereocenters. The molecule has 0 saturated carbocycles. The summed E-state index contributed by atoms with van der Waals surface area (Å²) in [6, 6.07) is 13.9. The SMILES string of the molecule is C=CC(=O)Nc1cccc(-c2c(F)ccc3cnc(Nc4ccc(N5CCNCC5)nc4)nc23)c1. The third-order valence-electron chi connectivity index (χ3n) is 5.75. The number of aromatic nitrogens is 3. The Balaban J connectivity index is 1.45. The third kappa shape index (κ3) is 4.95.